The lowest BCUT2D eigenvalue weighted by Crippen LogP contribution is -2.47. The molecule has 0 aromatic heterocycles. The van der Waals surface area contributed by atoms with E-state index in [9.17, 15) is 5.11 Å². The maximum Gasteiger partial charge on any atom is 0.0720 e. The van der Waals surface area contributed by atoms with Gasteiger partial charge in [0.05, 0.1) is 5.60 Å². The van der Waals surface area contributed by atoms with Crippen LogP contribution >= 0.6 is 11.6 Å². The summed E-state index contributed by atoms with van der Waals surface area (Å²) < 4.78 is 0. The number of halogens is 1. The van der Waals surface area contributed by atoms with Crippen molar-refractivity contribution >= 4 is 11.6 Å². The van der Waals surface area contributed by atoms with E-state index in [0.717, 1.165) is 24.3 Å². The molecular weight excluding hydrogens is 256 g/mol. The van der Waals surface area contributed by atoms with Gasteiger partial charge >= 0.3 is 0 Å². The first-order chi connectivity index (χ1) is 8.90. The summed E-state index contributed by atoms with van der Waals surface area (Å²) in [5.74, 6) is 1.55. The minimum atomic E-state index is -0.556. The molecule has 0 amide bonds. The van der Waals surface area contributed by atoms with Crippen LogP contribution in [0.25, 0.3) is 0 Å². The molecule has 1 aliphatic rings. The second kappa shape index (κ2) is 5.85. The van der Waals surface area contributed by atoms with Crippen molar-refractivity contribution in [3.63, 3.8) is 0 Å². The van der Waals surface area contributed by atoms with E-state index in [-0.39, 0.29) is 0 Å². The summed E-state index contributed by atoms with van der Waals surface area (Å²) in [6.07, 6.45) is 4.05. The van der Waals surface area contributed by atoms with Crippen molar-refractivity contribution in [1.82, 2.24) is 0 Å². The van der Waals surface area contributed by atoms with Crippen LogP contribution in [0.1, 0.15) is 45.6 Å². The molecule has 1 aromatic carbocycles. The van der Waals surface area contributed by atoms with Gasteiger partial charge in [0.25, 0.3) is 0 Å². The summed E-state index contributed by atoms with van der Waals surface area (Å²) in [6.45, 7) is 6.71. The molecule has 2 heteroatoms. The molecule has 0 aliphatic heterocycles. The Labute approximate surface area is 122 Å². The fraction of sp³-hybridized carbons (Fsp3) is 0.647. The van der Waals surface area contributed by atoms with Gasteiger partial charge in [-0.1, -0.05) is 50.9 Å². The van der Waals surface area contributed by atoms with Gasteiger partial charge in [-0.25, -0.2) is 0 Å². The zero-order valence-electron chi connectivity index (χ0n) is 12.2. The Morgan fingerprint density at radius 3 is 2.47 bits per heavy atom. The second-order valence-electron chi connectivity index (χ2n) is 6.64. The topological polar surface area (TPSA) is 20.2 Å². The molecule has 1 aromatic rings. The van der Waals surface area contributed by atoms with Crippen molar-refractivity contribution < 1.29 is 5.11 Å². The zero-order chi connectivity index (χ0) is 14.0. The first-order valence-electron chi connectivity index (χ1n) is 7.37. The van der Waals surface area contributed by atoms with Gasteiger partial charge in [-0.2, -0.15) is 0 Å². The SMILES string of the molecule is CC1CCC(C(C)C)C(O)(Cc2ccc(Cl)cc2)C1. The number of hydrogen-bond donors (Lipinski definition) is 1. The zero-order valence-corrected chi connectivity index (χ0v) is 13.0. The monoisotopic (exact) mass is 280 g/mol. The van der Waals surface area contributed by atoms with Crippen LogP contribution in [-0.4, -0.2) is 10.7 Å². The summed E-state index contributed by atoms with van der Waals surface area (Å²) in [5.41, 5.74) is 0.631. The fourth-order valence-corrected chi connectivity index (χ4v) is 3.83. The Balaban J connectivity index is 2.19. The molecule has 3 unspecified atom stereocenters. The van der Waals surface area contributed by atoms with Crippen LogP contribution in [0, 0.1) is 17.8 Å². The molecule has 0 radical (unpaired) electrons. The smallest absolute Gasteiger partial charge is 0.0720 e. The molecule has 1 N–H and O–H groups in total. The minimum Gasteiger partial charge on any atom is -0.389 e. The largest absolute Gasteiger partial charge is 0.389 e. The lowest BCUT2D eigenvalue weighted by molar-refractivity contribution is -0.0795. The predicted molar refractivity (Wildman–Crippen MR) is 81.4 cm³/mol. The third-order valence-electron chi connectivity index (χ3n) is 4.59. The summed E-state index contributed by atoms with van der Waals surface area (Å²) in [5, 5.41) is 11.9. The Bertz CT molecular complexity index is 412. The van der Waals surface area contributed by atoms with E-state index >= 15 is 0 Å². The van der Waals surface area contributed by atoms with Gasteiger partial charge in [0, 0.05) is 11.4 Å². The molecule has 1 fully saturated rings. The lowest BCUT2D eigenvalue weighted by Gasteiger charge is -2.45. The first kappa shape index (κ1) is 14.9. The van der Waals surface area contributed by atoms with Crippen LogP contribution in [0.2, 0.25) is 5.02 Å². The standard InChI is InChI=1S/C17H25ClO/c1-12(2)16-9-4-13(3)10-17(16,19)11-14-5-7-15(18)8-6-14/h5-8,12-13,16,19H,4,9-11H2,1-3H3. The molecule has 1 saturated carbocycles. The maximum absolute atomic E-state index is 11.2. The molecule has 1 nitrogen and oxygen atoms in total. The van der Waals surface area contributed by atoms with E-state index in [0.29, 0.717) is 17.8 Å². The van der Waals surface area contributed by atoms with Gasteiger partial charge in [-0.15, -0.1) is 0 Å². The molecule has 2 rings (SSSR count). The Morgan fingerprint density at radius 2 is 1.89 bits per heavy atom. The number of benzene rings is 1. The highest BCUT2D eigenvalue weighted by Gasteiger charge is 2.42. The number of rotatable bonds is 3. The van der Waals surface area contributed by atoms with Crippen LogP contribution in [0.15, 0.2) is 24.3 Å². The predicted octanol–water partition coefficient (Wildman–Crippen LogP) is 4.71. The lowest BCUT2D eigenvalue weighted by atomic mass is 9.65. The maximum atomic E-state index is 11.2. The van der Waals surface area contributed by atoms with Gasteiger partial charge in [0.1, 0.15) is 0 Å². The van der Waals surface area contributed by atoms with E-state index in [1.165, 1.54) is 12.0 Å². The molecule has 0 saturated heterocycles. The third kappa shape index (κ3) is 3.52. The van der Waals surface area contributed by atoms with Gasteiger partial charge in [-0.3, -0.25) is 0 Å². The van der Waals surface area contributed by atoms with Crippen molar-refractivity contribution in [2.45, 2.75) is 52.1 Å². The summed E-state index contributed by atoms with van der Waals surface area (Å²) in [6, 6.07) is 7.90. The van der Waals surface area contributed by atoms with E-state index < -0.39 is 5.60 Å². The minimum absolute atomic E-state index is 0.402. The van der Waals surface area contributed by atoms with E-state index in [4.69, 9.17) is 11.6 Å². The van der Waals surface area contributed by atoms with Crippen molar-refractivity contribution in [2.75, 3.05) is 0 Å². The van der Waals surface area contributed by atoms with Crippen LogP contribution in [0.5, 0.6) is 0 Å². The summed E-state index contributed by atoms with van der Waals surface area (Å²) >= 11 is 5.93. The van der Waals surface area contributed by atoms with Gasteiger partial charge in [-0.05, 0) is 48.3 Å². The fourth-order valence-electron chi connectivity index (χ4n) is 3.70. The normalized spacial score (nSPS) is 31.7. The highest BCUT2D eigenvalue weighted by Crippen LogP contribution is 2.42. The summed E-state index contributed by atoms with van der Waals surface area (Å²) in [4.78, 5) is 0. The van der Waals surface area contributed by atoms with E-state index in [2.05, 4.69) is 20.8 Å². The van der Waals surface area contributed by atoms with Crippen LogP contribution < -0.4 is 0 Å². The highest BCUT2D eigenvalue weighted by molar-refractivity contribution is 6.30. The molecule has 3 atom stereocenters. The first-order valence-corrected chi connectivity index (χ1v) is 7.75. The Hall–Kier alpha value is -0.530. The quantitative estimate of drug-likeness (QED) is 0.850. The van der Waals surface area contributed by atoms with Crippen molar-refractivity contribution in [1.29, 1.82) is 0 Å². The Morgan fingerprint density at radius 1 is 1.26 bits per heavy atom. The number of aliphatic hydroxyl groups is 1. The molecule has 0 heterocycles. The number of hydrogen-bond acceptors (Lipinski definition) is 1. The van der Waals surface area contributed by atoms with Gasteiger partial charge in [0.2, 0.25) is 0 Å². The third-order valence-corrected chi connectivity index (χ3v) is 4.84. The van der Waals surface area contributed by atoms with E-state index in [1.807, 2.05) is 24.3 Å². The average Bonchev–Trinajstić information content (AvgIpc) is 2.31. The second-order valence-corrected chi connectivity index (χ2v) is 7.08. The average molecular weight is 281 g/mol. The van der Waals surface area contributed by atoms with Crippen LogP contribution in [-0.2, 0) is 6.42 Å². The molecule has 0 bridgehead atoms. The summed E-state index contributed by atoms with van der Waals surface area (Å²) in [7, 11) is 0. The van der Waals surface area contributed by atoms with E-state index in [1.54, 1.807) is 0 Å². The van der Waals surface area contributed by atoms with Crippen molar-refractivity contribution in [3.05, 3.63) is 34.9 Å². The molecule has 1 aliphatic carbocycles. The molecular formula is C17H25ClO. The molecule has 19 heavy (non-hydrogen) atoms. The molecule has 106 valence electrons. The van der Waals surface area contributed by atoms with Gasteiger partial charge in [0.15, 0.2) is 0 Å². The Kier molecular flexibility index (Phi) is 4.58. The van der Waals surface area contributed by atoms with Crippen molar-refractivity contribution in [2.24, 2.45) is 17.8 Å². The molecule has 0 spiro atoms. The van der Waals surface area contributed by atoms with Gasteiger partial charge < -0.3 is 5.11 Å². The van der Waals surface area contributed by atoms with Crippen LogP contribution in [0.3, 0.4) is 0 Å². The highest BCUT2D eigenvalue weighted by atomic mass is 35.5. The van der Waals surface area contributed by atoms with Crippen molar-refractivity contribution in [3.8, 4) is 0 Å². The van der Waals surface area contributed by atoms with Crippen LogP contribution in [0.4, 0.5) is 0 Å².